The largest absolute Gasteiger partial charge is 0.490 e. The Hall–Kier alpha value is -2.84. The van der Waals surface area contributed by atoms with Gasteiger partial charge in [0.1, 0.15) is 12.2 Å². The van der Waals surface area contributed by atoms with Crippen LogP contribution in [0.3, 0.4) is 0 Å². The Morgan fingerprint density at radius 1 is 1.50 bits per heavy atom. The zero-order chi connectivity index (χ0) is 13.1. The van der Waals surface area contributed by atoms with Crippen LogP contribution in [-0.4, -0.2) is 35.7 Å². The fourth-order valence-electron chi connectivity index (χ4n) is 1.30. The lowest BCUT2D eigenvalue weighted by molar-refractivity contribution is -0.394. The van der Waals surface area contributed by atoms with Gasteiger partial charge in [-0.05, 0) is 17.1 Å². The summed E-state index contributed by atoms with van der Waals surface area (Å²) < 4.78 is 1.21. The molecule has 2 aromatic rings. The van der Waals surface area contributed by atoms with Gasteiger partial charge in [-0.25, -0.2) is 9.78 Å². The number of aromatic carboxylic acids is 1. The highest BCUT2D eigenvalue weighted by atomic mass is 16.6. The third-order valence-corrected chi connectivity index (χ3v) is 2.04. The molecule has 0 saturated carbocycles. The number of nitrogens with zero attached hydrogens (tertiary/aromatic N) is 5. The van der Waals surface area contributed by atoms with Crippen molar-refractivity contribution in [2.75, 3.05) is 0 Å². The molecule has 0 aliphatic carbocycles. The van der Waals surface area contributed by atoms with Crippen LogP contribution < -0.4 is 0 Å². The maximum atomic E-state index is 10.7. The highest BCUT2D eigenvalue weighted by Gasteiger charge is 2.14. The summed E-state index contributed by atoms with van der Waals surface area (Å²) >= 11 is 0. The Morgan fingerprint density at radius 2 is 2.28 bits per heavy atom. The van der Waals surface area contributed by atoms with Crippen molar-refractivity contribution in [2.24, 2.45) is 0 Å². The molecule has 2 heterocycles. The average Bonchev–Trinajstić information content (AvgIpc) is 2.78. The number of pyridine rings is 1. The van der Waals surface area contributed by atoms with Crippen LogP contribution >= 0.6 is 0 Å². The predicted octanol–water partition coefficient (Wildman–Crippen LogP) is 0.328. The minimum absolute atomic E-state index is 0.0953. The lowest BCUT2D eigenvalue weighted by atomic mass is 10.3. The molecule has 1 N–H and O–H groups in total. The monoisotopic (exact) mass is 249 g/mol. The normalized spacial score (nSPS) is 10.2. The Kier molecular flexibility index (Phi) is 2.96. The summed E-state index contributed by atoms with van der Waals surface area (Å²) in [5.41, 5.74) is 0.330. The number of hydrogen-bond donors (Lipinski definition) is 1. The molecule has 18 heavy (non-hydrogen) atoms. The molecule has 0 saturated heterocycles. The molecule has 9 heteroatoms. The zero-order valence-corrected chi connectivity index (χ0v) is 8.92. The summed E-state index contributed by atoms with van der Waals surface area (Å²) in [6, 6.07) is 4.49. The second-order valence-electron chi connectivity index (χ2n) is 3.32. The van der Waals surface area contributed by atoms with E-state index >= 15 is 0 Å². The van der Waals surface area contributed by atoms with Crippen molar-refractivity contribution in [3.63, 3.8) is 0 Å². The summed E-state index contributed by atoms with van der Waals surface area (Å²) in [6.45, 7) is 0.113. The van der Waals surface area contributed by atoms with Crippen LogP contribution in [-0.2, 0) is 6.54 Å². The zero-order valence-electron chi connectivity index (χ0n) is 8.92. The third-order valence-electron chi connectivity index (χ3n) is 2.04. The van der Waals surface area contributed by atoms with Crippen LogP contribution in [0.15, 0.2) is 24.5 Å². The Labute approximate surface area is 99.9 Å². The van der Waals surface area contributed by atoms with Crippen molar-refractivity contribution < 1.29 is 14.8 Å². The average molecular weight is 249 g/mol. The van der Waals surface area contributed by atoms with E-state index in [-0.39, 0.29) is 12.2 Å². The van der Waals surface area contributed by atoms with Crippen LogP contribution in [0.1, 0.15) is 16.2 Å². The minimum atomic E-state index is -1.14. The van der Waals surface area contributed by atoms with Crippen molar-refractivity contribution in [3.05, 3.63) is 46.0 Å². The molecule has 0 unspecified atom stereocenters. The van der Waals surface area contributed by atoms with E-state index in [2.05, 4.69) is 15.1 Å². The van der Waals surface area contributed by atoms with Crippen molar-refractivity contribution in [3.8, 4) is 0 Å². The SMILES string of the molecule is O=C(O)c1cccc(Cn2cnc([N+](=O)[O-])n2)n1. The minimum Gasteiger partial charge on any atom is -0.477 e. The number of nitro groups is 1. The molecule has 2 aromatic heterocycles. The van der Waals surface area contributed by atoms with Crippen molar-refractivity contribution >= 4 is 11.9 Å². The molecule has 0 fully saturated rings. The van der Waals surface area contributed by atoms with Gasteiger partial charge in [-0.3, -0.25) is 0 Å². The van der Waals surface area contributed by atoms with Gasteiger partial charge in [0.15, 0.2) is 0 Å². The molecule has 0 bridgehead atoms. The fraction of sp³-hybridized carbons (Fsp3) is 0.111. The molecule has 0 atom stereocenters. The highest BCUT2D eigenvalue weighted by Crippen LogP contribution is 2.04. The molecule has 9 nitrogen and oxygen atoms in total. The standard InChI is InChI=1S/C9H7N5O4/c15-8(16)7-3-1-2-6(11-7)4-13-5-10-9(12-13)14(17)18/h1-3,5H,4H2,(H,15,16). The summed E-state index contributed by atoms with van der Waals surface area (Å²) in [5.74, 6) is -1.65. The maximum Gasteiger partial charge on any atom is 0.490 e. The second kappa shape index (κ2) is 4.57. The van der Waals surface area contributed by atoms with Gasteiger partial charge in [-0.15, -0.1) is 0 Å². The Morgan fingerprint density at radius 3 is 2.89 bits per heavy atom. The summed E-state index contributed by atoms with van der Waals surface area (Å²) in [4.78, 5) is 27.7. The quantitative estimate of drug-likeness (QED) is 0.611. The number of hydrogen-bond acceptors (Lipinski definition) is 6. The maximum absolute atomic E-state index is 10.7. The summed E-state index contributed by atoms with van der Waals surface area (Å²) in [7, 11) is 0. The van der Waals surface area contributed by atoms with E-state index in [0.29, 0.717) is 5.69 Å². The number of carboxylic acid groups (broad SMARTS) is 1. The first-order valence-electron chi connectivity index (χ1n) is 4.79. The fourth-order valence-corrected chi connectivity index (χ4v) is 1.30. The molecule has 0 aromatic carbocycles. The van der Waals surface area contributed by atoms with Gasteiger partial charge in [0.25, 0.3) is 0 Å². The van der Waals surface area contributed by atoms with Gasteiger partial charge in [-0.2, -0.15) is 4.68 Å². The molecular formula is C9H7N5O4. The first kappa shape index (κ1) is 11.6. The van der Waals surface area contributed by atoms with Gasteiger partial charge < -0.3 is 15.2 Å². The van der Waals surface area contributed by atoms with E-state index in [1.54, 1.807) is 6.07 Å². The first-order chi connectivity index (χ1) is 8.56. The van der Waals surface area contributed by atoms with E-state index in [4.69, 9.17) is 5.11 Å². The lowest BCUT2D eigenvalue weighted by Gasteiger charge is -1.99. The van der Waals surface area contributed by atoms with Gasteiger partial charge in [0.2, 0.25) is 6.33 Å². The van der Waals surface area contributed by atoms with Gasteiger partial charge in [-0.1, -0.05) is 11.1 Å². The summed E-state index contributed by atoms with van der Waals surface area (Å²) in [6.07, 6.45) is 1.19. The highest BCUT2D eigenvalue weighted by molar-refractivity contribution is 5.85. The van der Waals surface area contributed by atoms with Crippen molar-refractivity contribution in [1.82, 2.24) is 19.7 Å². The van der Waals surface area contributed by atoms with Crippen LogP contribution in [0.25, 0.3) is 0 Å². The molecule has 2 rings (SSSR count). The second-order valence-corrected chi connectivity index (χ2v) is 3.32. The molecule has 92 valence electrons. The van der Waals surface area contributed by atoms with Gasteiger partial charge >= 0.3 is 11.9 Å². The predicted molar refractivity (Wildman–Crippen MR) is 57.0 cm³/mol. The van der Waals surface area contributed by atoms with Crippen LogP contribution in [0, 0.1) is 10.1 Å². The van der Waals surface area contributed by atoms with E-state index in [1.807, 2.05) is 0 Å². The van der Waals surface area contributed by atoms with Crippen LogP contribution in [0.4, 0.5) is 5.95 Å². The number of carboxylic acids is 1. The van der Waals surface area contributed by atoms with E-state index in [1.165, 1.54) is 23.1 Å². The number of rotatable bonds is 4. The smallest absolute Gasteiger partial charge is 0.477 e. The Bertz CT molecular complexity index is 609. The Balaban J connectivity index is 2.20. The van der Waals surface area contributed by atoms with Gasteiger partial charge in [0.05, 0.1) is 5.69 Å². The molecule has 0 amide bonds. The topological polar surface area (TPSA) is 124 Å². The van der Waals surface area contributed by atoms with Gasteiger partial charge in [0, 0.05) is 5.10 Å². The van der Waals surface area contributed by atoms with E-state index < -0.39 is 16.8 Å². The first-order valence-corrected chi connectivity index (χ1v) is 4.79. The summed E-state index contributed by atoms with van der Waals surface area (Å²) in [5, 5.41) is 22.7. The van der Waals surface area contributed by atoms with Crippen LogP contribution in [0.2, 0.25) is 0 Å². The van der Waals surface area contributed by atoms with E-state index in [0.717, 1.165) is 0 Å². The molecule has 0 aliphatic heterocycles. The van der Waals surface area contributed by atoms with Crippen LogP contribution in [0.5, 0.6) is 0 Å². The van der Waals surface area contributed by atoms with Crippen molar-refractivity contribution in [1.29, 1.82) is 0 Å². The lowest BCUT2D eigenvalue weighted by Crippen LogP contribution is -2.07. The molecule has 0 radical (unpaired) electrons. The van der Waals surface area contributed by atoms with E-state index in [9.17, 15) is 14.9 Å². The third kappa shape index (κ3) is 2.45. The number of aromatic nitrogens is 4. The molecular weight excluding hydrogens is 242 g/mol. The molecule has 0 spiro atoms. The molecule has 0 aliphatic rings. The van der Waals surface area contributed by atoms with Crippen molar-refractivity contribution in [2.45, 2.75) is 6.54 Å². The number of carbonyl (C=O) groups is 1.